The Balaban J connectivity index is 2.73. The van der Waals surface area contributed by atoms with Crippen LogP contribution in [0.3, 0.4) is 0 Å². The Morgan fingerprint density at radius 1 is 1.38 bits per heavy atom. The zero-order valence-corrected chi connectivity index (χ0v) is 10.5. The highest BCUT2D eigenvalue weighted by Crippen LogP contribution is 2.40. The van der Waals surface area contributed by atoms with Gasteiger partial charge < -0.3 is 0 Å². The van der Waals surface area contributed by atoms with E-state index in [0.29, 0.717) is 5.92 Å². The van der Waals surface area contributed by atoms with Crippen LogP contribution in [-0.4, -0.2) is 0 Å². The van der Waals surface area contributed by atoms with Gasteiger partial charge in [-0.2, -0.15) is 0 Å². The van der Waals surface area contributed by atoms with Gasteiger partial charge in [0.05, 0.1) is 0 Å². The third-order valence-corrected chi connectivity index (χ3v) is 4.20. The quantitative estimate of drug-likeness (QED) is 0.671. The first kappa shape index (κ1) is 11.2. The van der Waals surface area contributed by atoms with Gasteiger partial charge in [-0.05, 0) is 39.3 Å². The molecule has 0 saturated heterocycles. The fourth-order valence-corrected chi connectivity index (χ4v) is 2.66. The summed E-state index contributed by atoms with van der Waals surface area (Å²) in [7, 11) is 0. The van der Waals surface area contributed by atoms with E-state index >= 15 is 0 Å². The molecule has 1 atom stereocenters. The van der Waals surface area contributed by atoms with E-state index in [4.69, 9.17) is 0 Å². The van der Waals surface area contributed by atoms with Gasteiger partial charge in [-0.1, -0.05) is 58.2 Å². The van der Waals surface area contributed by atoms with E-state index in [9.17, 15) is 0 Å². The molecule has 1 aliphatic rings. The smallest absolute Gasteiger partial charge is 0.00718 e. The van der Waals surface area contributed by atoms with Crippen molar-refractivity contribution in [3.05, 3.63) is 46.4 Å². The molecule has 1 aromatic carbocycles. The molecule has 16 heavy (non-hydrogen) atoms. The average molecular weight is 212 g/mol. The second-order valence-corrected chi connectivity index (χ2v) is 5.39. The number of rotatable bonds is 1. The Morgan fingerprint density at radius 3 is 2.69 bits per heavy atom. The summed E-state index contributed by atoms with van der Waals surface area (Å²) in [6.07, 6.45) is 5.03. The lowest BCUT2D eigenvalue weighted by Gasteiger charge is -2.24. The van der Waals surface area contributed by atoms with E-state index in [-0.39, 0.29) is 5.41 Å². The van der Waals surface area contributed by atoms with Crippen LogP contribution in [0.4, 0.5) is 0 Å². The van der Waals surface area contributed by atoms with Crippen molar-refractivity contribution in [3.63, 3.8) is 0 Å². The van der Waals surface area contributed by atoms with Gasteiger partial charge in [0.1, 0.15) is 0 Å². The molecule has 0 radical (unpaired) electrons. The normalized spacial score (nSPS) is 23.2. The molecule has 1 aromatic rings. The van der Waals surface area contributed by atoms with Crippen molar-refractivity contribution < 1.29 is 0 Å². The van der Waals surface area contributed by atoms with Gasteiger partial charge in [0.25, 0.3) is 0 Å². The molecule has 0 heterocycles. The van der Waals surface area contributed by atoms with Crippen LogP contribution in [0.15, 0.2) is 24.8 Å². The van der Waals surface area contributed by atoms with E-state index in [1.165, 1.54) is 21.6 Å². The van der Waals surface area contributed by atoms with Crippen LogP contribution >= 0.6 is 0 Å². The number of hydrogen-bond donors (Lipinski definition) is 0. The zero-order valence-electron chi connectivity index (χ0n) is 10.5. The van der Waals surface area contributed by atoms with Crippen molar-refractivity contribution in [1.29, 1.82) is 0 Å². The molecule has 0 aromatic heterocycles. The first-order chi connectivity index (χ1) is 7.48. The maximum absolute atomic E-state index is 4.23. The third-order valence-electron chi connectivity index (χ3n) is 4.20. The molecule has 84 valence electrons. The minimum atomic E-state index is 0.286. The zero-order chi connectivity index (χ0) is 11.9. The molecule has 0 bridgehead atoms. The molecule has 0 N–H and O–H groups in total. The van der Waals surface area contributed by atoms with Crippen LogP contribution in [0, 0.1) is 5.92 Å². The maximum atomic E-state index is 4.23. The molecule has 0 saturated carbocycles. The summed E-state index contributed by atoms with van der Waals surface area (Å²) < 4.78 is 0. The van der Waals surface area contributed by atoms with E-state index < -0.39 is 0 Å². The highest BCUT2D eigenvalue weighted by atomic mass is 14.4. The topological polar surface area (TPSA) is 0 Å². The van der Waals surface area contributed by atoms with Gasteiger partial charge >= 0.3 is 0 Å². The lowest BCUT2D eigenvalue weighted by Crippen LogP contribution is -2.28. The molecule has 0 heteroatoms. The van der Waals surface area contributed by atoms with Gasteiger partial charge in [-0.15, -0.1) is 0 Å². The van der Waals surface area contributed by atoms with E-state index in [1.54, 1.807) is 0 Å². The lowest BCUT2D eigenvalue weighted by atomic mass is 9.79. The van der Waals surface area contributed by atoms with E-state index in [0.717, 1.165) is 6.42 Å². The SMILES string of the molecule is C=C/C=c1/ccc2c(c1=C)CC(C)C2(C)C. The monoisotopic (exact) mass is 212 g/mol. The van der Waals surface area contributed by atoms with E-state index in [2.05, 4.69) is 46.1 Å². The van der Waals surface area contributed by atoms with Crippen LogP contribution in [-0.2, 0) is 11.8 Å². The van der Waals surface area contributed by atoms with Crippen molar-refractivity contribution in [2.45, 2.75) is 32.6 Å². The first-order valence-corrected chi connectivity index (χ1v) is 5.92. The lowest BCUT2D eigenvalue weighted by molar-refractivity contribution is 0.379. The molecule has 1 aliphatic carbocycles. The minimum absolute atomic E-state index is 0.286. The Labute approximate surface area is 98.0 Å². The summed E-state index contributed by atoms with van der Waals surface area (Å²) in [5.74, 6) is 0.696. The molecule has 0 nitrogen and oxygen atoms in total. The highest BCUT2D eigenvalue weighted by molar-refractivity contribution is 5.46. The van der Waals surface area contributed by atoms with Crippen LogP contribution in [0.5, 0.6) is 0 Å². The predicted octanol–water partition coefficient (Wildman–Crippen LogP) is 2.53. The molecule has 2 rings (SSSR count). The van der Waals surface area contributed by atoms with Crippen LogP contribution in [0.2, 0.25) is 0 Å². The highest BCUT2D eigenvalue weighted by Gasteiger charge is 2.36. The van der Waals surface area contributed by atoms with Crippen molar-refractivity contribution >= 4 is 12.7 Å². The second-order valence-electron chi connectivity index (χ2n) is 5.39. The Hall–Kier alpha value is -1.30. The number of allylic oxidation sites excluding steroid dienone is 1. The van der Waals surface area contributed by atoms with E-state index in [1.807, 2.05) is 12.2 Å². The van der Waals surface area contributed by atoms with Crippen molar-refractivity contribution in [3.8, 4) is 0 Å². The summed E-state index contributed by atoms with van der Waals surface area (Å²) in [5, 5.41) is 2.40. The predicted molar refractivity (Wildman–Crippen MR) is 71.8 cm³/mol. The summed E-state index contributed by atoms with van der Waals surface area (Å²) >= 11 is 0. The van der Waals surface area contributed by atoms with Gasteiger partial charge in [-0.25, -0.2) is 0 Å². The Bertz CT molecular complexity index is 532. The standard InChI is InChI=1S/C16H20/c1-6-7-13-8-9-15-14(12(13)3)10-11(2)16(15,4)5/h6-9,11H,1,3,10H2,2,4-5H3/b13-7-. The first-order valence-electron chi connectivity index (χ1n) is 5.92. The minimum Gasteiger partial charge on any atom is -0.0990 e. The number of benzene rings is 1. The second kappa shape index (κ2) is 3.62. The van der Waals surface area contributed by atoms with Gasteiger partial charge in [-0.3, -0.25) is 0 Å². The van der Waals surface area contributed by atoms with Crippen molar-refractivity contribution in [1.82, 2.24) is 0 Å². The number of hydrogen-bond acceptors (Lipinski definition) is 0. The molecular weight excluding hydrogens is 192 g/mol. The fourth-order valence-electron chi connectivity index (χ4n) is 2.66. The molecule has 0 fully saturated rings. The summed E-state index contributed by atoms with van der Waals surface area (Å²) in [4.78, 5) is 0. The summed E-state index contributed by atoms with van der Waals surface area (Å²) in [6.45, 7) is 15.0. The summed E-state index contributed by atoms with van der Waals surface area (Å²) in [6, 6.07) is 4.44. The van der Waals surface area contributed by atoms with Crippen molar-refractivity contribution in [2.24, 2.45) is 5.92 Å². The van der Waals surface area contributed by atoms with Crippen LogP contribution < -0.4 is 10.4 Å². The maximum Gasteiger partial charge on any atom is -0.00718 e. The summed E-state index contributed by atoms with van der Waals surface area (Å²) in [5.41, 5.74) is 3.22. The molecule has 0 spiro atoms. The van der Waals surface area contributed by atoms with Gasteiger partial charge in [0, 0.05) is 0 Å². The molecule has 0 aliphatic heterocycles. The van der Waals surface area contributed by atoms with Crippen LogP contribution in [0.1, 0.15) is 31.9 Å². The Morgan fingerprint density at radius 2 is 2.06 bits per heavy atom. The van der Waals surface area contributed by atoms with Crippen molar-refractivity contribution in [2.75, 3.05) is 0 Å². The molecule has 1 unspecified atom stereocenters. The fraction of sp³-hybridized carbons (Fsp3) is 0.375. The molecular formula is C16H20. The third kappa shape index (κ3) is 1.44. The average Bonchev–Trinajstić information content (AvgIpc) is 2.45. The van der Waals surface area contributed by atoms with Crippen LogP contribution in [0.25, 0.3) is 12.7 Å². The largest absolute Gasteiger partial charge is 0.0990 e. The Kier molecular flexibility index (Phi) is 2.53. The van der Waals surface area contributed by atoms with Gasteiger partial charge in [0.15, 0.2) is 0 Å². The number of fused-ring (bicyclic) bond motifs is 1. The molecule has 0 amide bonds. The van der Waals surface area contributed by atoms with Gasteiger partial charge in [0.2, 0.25) is 0 Å².